The second-order valence-corrected chi connectivity index (χ2v) is 7.83. The van der Waals surface area contributed by atoms with Crippen LogP contribution in [-0.2, 0) is 29.1 Å². The molecule has 30 heavy (non-hydrogen) atoms. The number of nitrogens with zero attached hydrogens (tertiary/aromatic N) is 2. The van der Waals surface area contributed by atoms with Crippen LogP contribution >= 0.6 is 12.4 Å². The van der Waals surface area contributed by atoms with Crippen LogP contribution in [0.5, 0.6) is 0 Å². The third-order valence-electron chi connectivity index (χ3n) is 5.84. The van der Waals surface area contributed by atoms with Gasteiger partial charge < -0.3 is 20.9 Å². The van der Waals surface area contributed by atoms with Crippen LogP contribution in [0.25, 0.3) is 0 Å². The molecule has 0 aromatic heterocycles. The number of benzene rings is 2. The number of hydrogen-bond acceptors (Lipinski definition) is 4. The van der Waals surface area contributed by atoms with Gasteiger partial charge in [0.1, 0.15) is 0 Å². The topological polar surface area (TPSA) is 78.7 Å². The summed E-state index contributed by atoms with van der Waals surface area (Å²) < 4.78 is 0. The fourth-order valence-corrected chi connectivity index (χ4v) is 4.28. The highest BCUT2D eigenvalue weighted by Gasteiger charge is 2.22. The summed E-state index contributed by atoms with van der Waals surface area (Å²) in [5, 5.41) is 3.05. The molecule has 3 N–H and O–H groups in total. The summed E-state index contributed by atoms with van der Waals surface area (Å²) in [5.74, 6) is 0.208. The molecule has 0 saturated carbocycles. The quantitative estimate of drug-likeness (QED) is 0.693. The van der Waals surface area contributed by atoms with Crippen molar-refractivity contribution in [3.8, 4) is 0 Å². The van der Waals surface area contributed by atoms with Crippen LogP contribution in [0, 0.1) is 0 Å². The van der Waals surface area contributed by atoms with E-state index in [9.17, 15) is 9.59 Å². The molecular formula is C23H29ClN4O2. The molecule has 0 spiro atoms. The minimum absolute atomic E-state index is 0. The van der Waals surface area contributed by atoms with Crippen molar-refractivity contribution < 1.29 is 9.59 Å². The predicted molar refractivity (Wildman–Crippen MR) is 122 cm³/mol. The zero-order valence-electron chi connectivity index (χ0n) is 17.1. The Bertz CT molecular complexity index is 918. The number of hydrogen-bond donors (Lipinski definition) is 2. The molecule has 6 nitrogen and oxygen atoms in total. The van der Waals surface area contributed by atoms with Crippen LogP contribution in [0.1, 0.15) is 36.0 Å². The van der Waals surface area contributed by atoms with Crippen LogP contribution in [0.3, 0.4) is 0 Å². The summed E-state index contributed by atoms with van der Waals surface area (Å²) in [4.78, 5) is 28.6. The molecule has 2 aliphatic rings. The van der Waals surface area contributed by atoms with Crippen molar-refractivity contribution in [2.45, 2.75) is 38.8 Å². The molecule has 0 atom stereocenters. The van der Waals surface area contributed by atoms with Crippen molar-refractivity contribution in [2.75, 3.05) is 30.3 Å². The number of carbonyl (C=O) groups is 2. The summed E-state index contributed by atoms with van der Waals surface area (Å²) in [6.07, 6.45) is 3.53. The summed E-state index contributed by atoms with van der Waals surface area (Å²) in [6, 6.07) is 13.9. The van der Waals surface area contributed by atoms with Crippen LogP contribution in [0.4, 0.5) is 11.4 Å². The molecule has 0 bridgehead atoms. The van der Waals surface area contributed by atoms with E-state index in [-0.39, 0.29) is 24.2 Å². The first-order valence-electron chi connectivity index (χ1n) is 10.4. The van der Waals surface area contributed by atoms with Gasteiger partial charge in [-0.2, -0.15) is 0 Å². The molecule has 160 valence electrons. The molecule has 2 heterocycles. The van der Waals surface area contributed by atoms with Crippen molar-refractivity contribution in [3.63, 3.8) is 0 Å². The molecule has 4 rings (SSSR count). The molecule has 2 aliphatic heterocycles. The van der Waals surface area contributed by atoms with Crippen molar-refractivity contribution in [2.24, 2.45) is 0 Å². The Morgan fingerprint density at radius 1 is 0.967 bits per heavy atom. The monoisotopic (exact) mass is 428 g/mol. The van der Waals surface area contributed by atoms with Gasteiger partial charge in [0.25, 0.3) is 0 Å². The van der Waals surface area contributed by atoms with E-state index in [2.05, 4.69) is 10.2 Å². The molecule has 1 fully saturated rings. The predicted octanol–water partition coefficient (Wildman–Crippen LogP) is 2.88. The zero-order chi connectivity index (χ0) is 20.2. The van der Waals surface area contributed by atoms with Gasteiger partial charge in [0.05, 0.1) is 6.54 Å². The molecule has 1 saturated heterocycles. The van der Waals surface area contributed by atoms with Gasteiger partial charge >= 0.3 is 0 Å². The Kier molecular flexibility index (Phi) is 7.21. The molecule has 7 heteroatoms. The lowest BCUT2D eigenvalue weighted by Gasteiger charge is -2.31. The average Bonchev–Trinajstić information content (AvgIpc) is 3.13. The number of nitrogen functional groups attached to an aromatic ring is 1. The maximum atomic E-state index is 12.6. The summed E-state index contributed by atoms with van der Waals surface area (Å²) >= 11 is 0. The third-order valence-corrected chi connectivity index (χ3v) is 5.84. The van der Waals surface area contributed by atoms with Crippen molar-refractivity contribution >= 4 is 35.6 Å². The van der Waals surface area contributed by atoms with E-state index in [0.29, 0.717) is 26.1 Å². The lowest BCUT2D eigenvalue weighted by Crippen LogP contribution is -2.39. The van der Waals surface area contributed by atoms with Crippen LogP contribution < -0.4 is 16.0 Å². The smallest absolute Gasteiger partial charge is 0.239 e. The summed E-state index contributed by atoms with van der Waals surface area (Å²) in [5.41, 5.74) is 11.3. The number of likely N-dealkylation sites (tertiary alicyclic amines) is 1. The Balaban J connectivity index is 0.00000256. The number of nitrogens with one attached hydrogen (secondary N) is 1. The van der Waals surface area contributed by atoms with E-state index in [0.717, 1.165) is 60.4 Å². The van der Waals surface area contributed by atoms with Gasteiger partial charge in [0.15, 0.2) is 0 Å². The lowest BCUT2D eigenvalue weighted by atomic mass is 10.00. The SMILES string of the molecule is Cl.Nc1cccc2c1CCCN2CC(=O)NCc1ccccc1CN1CCCC1=O. The number of amides is 2. The van der Waals surface area contributed by atoms with Crippen molar-refractivity contribution in [3.05, 3.63) is 59.2 Å². The van der Waals surface area contributed by atoms with Gasteiger partial charge in [0, 0.05) is 44.0 Å². The first kappa shape index (κ1) is 22.0. The molecule has 0 aliphatic carbocycles. The minimum atomic E-state index is -0.00711. The van der Waals surface area contributed by atoms with E-state index in [1.807, 2.05) is 47.4 Å². The fraction of sp³-hybridized carbons (Fsp3) is 0.391. The van der Waals surface area contributed by atoms with E-state index < -0.39 is 0 Å². The lowest BCUT2D eigenvalue weighted by molar-refractivity contribution is -0.128. The van der Waals surface area contributed by atoms with Gasteiger partial charge in [-0.15, -0.1) is 12.4 Å². The molecule has 0 radical (unpaired) electrons. The molecule has 0 unspecified atom stereocenters. The van der Waals surface area contributed by atoms with Gasteiger partial charge in [-0.25, -0.2) is 0 Å². The largest absolute Gasteiger partial charge is 0.398 e. The summed E-state index contributed by atoms with van der Waals surface area (Å²) in [7, 11) is 0. The Labute approximate surface area is 183 Å². The number of halogens is 1. The highest BCUT2D eigenvalue weighted by atomic mass is 35.5. The van der Waals surface area contributed by atoms with E-state index in [1.54, 1.807) is 0 Å². The highest BCUT2D eigenvalue weighted by Crippen LogP contribution is 2.30. The Hall–Kier alpha value is -2.73. The second-order valence-electron chi connectivity index (χ2n) is 7.83. The first-order chi connectivity index (χ1) is 14.1. The van der Waals surface area contributed by atoms with Crippen molar-refractivity contribution in [1.29, 1.82) is 0 Å². The number of carbonyl (C=O) groups excluding carboxylic acids is 2. The Morgan fingerprint density at radius 3 is 2.47 bits per heavy atom. The van der Waals surface area contributed by atoms with Crippen LogP contribution in [-0.4, -0.2) is 36.3 Å². The van der Waals surface area contributed by atoms with E-state index in [1.165, 1.54) is 0 Å². The number of rotatable bonds is 6. The third kappa shape index (κ3) is 4.87. The highest BCUT2D eigenvalue weighted by molar-refractivity contribution is 5.85. The maximum absolute atomic E-state index is 12.6. The van der Waals surface area contributed by atoms with E-state index >= 15 is 0 Å². The normalized spacial score (nSPS) is 15.5. The van der Waals surface area contributed by atoms with Crippen LogP contribution in [0.15, 0.2) is 42.5 Å². The minimum Gasteiger partial charge on any atom is -0.398 e. The second kappa shape index (κ2) is 9.85. The average molecular weight is 429 g/mol. The number of anilines is 2. The standard InChI is InChI=1S/C23H28N4O2.ClH/c24-20-9-3-10-21-19(20)8-4-12-26(21)16-22(28)25-14-17-6-1-2-7-18(17)15-27-13-5-11-23(27)29;/h1-3,6-7,9-10H,4-5,8,11-16,24H2,(H,25,28);1H. The number of fused-ring (bicyclic) bond motifs is 1. The molecular weight excluding hydrogens is 400 g/mol. The number of nitrogens with two attached hydrogens (primary N) is 1. The van der Waals surface area contributed by atoms with Gasteiger partial charge in [-0.1, -0.05) is 30.3 Å². The zero-order valence-corrected chi connectivity index (χ0v) is 17.9. The van der Waals surface area contributed by atoms with Gasteiger partial charge in [-0.05, 0) is 48.1 Å². The fourth-order valence-electron chi connectivity index (χ4n) is 4.28. The van der Waals surface area contributed by atoms with Gasteiger partial charge in [-0.3, -0.25) is 9.59 Å². The van der Waals surface area contributed by atoms with Crippen molar-refractivity contribution in [1.82, 2.24) is 10.2 Å². The molecule has 2 aromatic rings. The molecule has 2 aromatic carbocycles. The van der Waals surface area contributed by atoms with Gasteiger partial charge in [0.2, 0.25) is 11.8 Å². The first-order valence-corrected chi connectivity index (χ1v) is 10.4. The van der Waals surface area contributed by atoms with E-state index in [4.69, 9.17) is 5.73 Å². The maximum Gasteiger partial charge on any atom is 0.239 e. The molecule has 2 amide bonds. The van der Waals surface area contributed by atoms with Crippen LogP contribution in [0.2, 0.25) is 0 Å². The summed E-state index contributed by atoms with van der Waals surface area (Å²) in [6.45, 7) is 3.08. The Morgan fingerprint density at radius 2 is 1.70 bits per heavy atom.